The van der Waals surface area contributed by atoms with E-state index < -0.39 is 0 Å². The molecule has 0 radical (unpaired) electrons. The molecule has 4 nitrogen and oxygen atoms in total. The van der Waals surface area contributed by atoms with Crippen LogP contribution in [0.25, 0.3) is 0 Å². The Morgan fingerprint density at radius 1 is 1.06 bits per heavy atom. The highest BCUT2D eigenvalue weighted by molar-refractivity contribution is 5.83. The van der Waals surface area contributed by atoms with Gasteiger partial charge in [-0.3, -0.25) is 0 Å². The third kappa shape index (κ3) is 2.16. The monoisotopic (exact) mass is 214 g/mol. The van der Waals surface area contributed by atoms with E-state index in [1.54, 1.807) is 17.3 Å². The zero-order valence-electron chi connectivity index (χ0n) is 9.68. The number of aromatic nitrogens is 3. The summed E-state index contributed by atoms with van der Waals surface area (Å²) in [6, 6.07) is 4.31. The summed E-state index contributed by atoms with van der Waals surface area (Å²) in [5, 5.41) is 11.6. The molecule has 4 heteroatoms. The maximum absolute atomic E-state index is 4.25. The molecule has 82 valence electrons. The van der Waals surface area contributed by atoms with Gasteiger partial charge in [0.25, 0.3) is 0 Å². The lowest BCUT2D eigenvalue weighted by atomic mass is 10.0. The Kier molecular flexibility index (Phi) is 2.81. The lowest BCUT2D eigenvalue weighted by molar-refractivity contribution is 0.878. The van der Waals surface area contributed by atoms with Gasteiger partial charge in [0.1, 0.15) is 12.7 Å². The van der Waals surface area contributed by atoms with E-state index >= 15 is 0 Å². The molecule has 0 unspecified atom stereocenters. The highest BCUT2D eigenvalue weighted by atomic mass is 15.4. The number of hydrogen-bond acceptors (Lipinski definition) is 3. The smallest absolute Gasteiger partial charge is 0.141 e. The van der Waals surface area contributed by atoms with Gasteiger partial charge in [0.2, 0.25) is 0 Å². The fourth-order valence-electron chi connectivity index (χ4n) is 1.77. The number of rotatable bonds is 2. The van der Waals surface area contributed by atoms with Crippen molar-refractivity contribution >= 4 is 6.21 Å². The van der Waals surface area contributed by atoms with Gasteiger partial charge >= 0.3 is 0 Å². The van der Waals surface area contributed by atoms with E-state index in [2.05, 4.69) is 48.2 Å². The molecule has 0 saturated heterocycles. The van der Waals surface area contributed by atoms with Crippen molar-refractivity contribution in [1.82, 2.24) is 14.9 Å². The summed E-state index contributed by atoms with van der Waals surface area (Å²) in [5.41, 5.74) is 4.89. The Hall–Kier alpha value is -1.97. The van der Waals surface area contributed by atoms with E-state index in [0.29, 0.717) is 0 Å². The van der Waals surface area contributed by atoms with Gasteiger partial charge in [-0.2, -0.15) is 5.10 Å². The van der Waals surface area contributed by atoms with Gasteiger partial charge in [0.15, 0.2) is 0 Å². The van der Waals surface area contributed by atoms with Crippen LogP contribution in [0, 0.1) is 20.8 Å². The zero-order chi connectivity index (χ0) is 11.5. The maximum atomic E-state index is 4.25. The summed E-state index contributed by atoms with van der Waals surface area (Å²) in [6.45, 7) is 6.28. The van der Waals surface area contributed by atoms with E-state index in [1.165, 1.54) is 16.7 Å². The second kappa shape index (κ2) is 4.26. The van der Waals surface area contributed by atoms with Crippen LogP contribution in [-0.2, 0) is 0 Å². The highest BCUT2D eigenvalue weighted by Gasteiger charge is 2.00. The average molecular weight is 214 g/mol. The van der Waals surface area contributed by atoms with Crippen LogP contribution in [0.5, 0.6) is 0 Å². The molecule has 0 saturated carbocycles. The fraction of sp³-hybridized carbons (Fsp3) is 0.250. The van der Waals surface area contributed by atoms with Crippen LogP contribution < -0.4 is 0 Å². The molecule has 0 aliphatic heterocycles. The van der Waals surface area contributed by atoms with Crippen molar-refractivity contribution in [2.75, 3.05) is 0 Å². The molecule has 0 aliphatic carbocycles. The minimum Gasteiger partial charge on any atom is -0.208 e. The van der Waals surface area contributed by atoms with Crippen LogP contribution >= 0.6 is 0 Å². The molecule has 0 bridgehead atoms. The number of nitrogens with zero attached hydrogens (tertiary/aromatic N) is 4. The molecule has 0 N–H and O–H groups in total. The van der Waals surface area contributed by atoms with Gasteiger partial charge in [-0.1, -0.05) is 17.7 Å². The SMILES string of the molecule is Cc1cc(C)c(C=Nn2cnnc2)c(C)c1. The summed E-state index contributed by atoms with van der Waals surface area (Å²) in [6.07, 6.45) is 4.97. The minimum absolute atomic E-state index is 1.15. The molecular formula is C12H14N4. The van der Waals surface area contributed by atoms with Crippen LogP contribution in [0.2, 0.25) is 0 Å². The van der Waals surface area contributed by atoms with Crippen molar-refractivity contribution < 1.29 is 0 Å². The maximum Gasteiger partial charge on any atom is 0.141 e. The topological polar surface area (TPSA) is 43.1 Å². The summed E-state index contributed by atoms with van der Waals surface area (Å²) in [5.74, 6) is 0. The Bertz CT molecular complexity index is 489. The third-order valence-corrected chi connectivity index (χ3v) is 2.46. The molecule has 16 heavy (non-hydrogen) atoms. The molecule has 2 aromatic rings. The molecule has 2 rings (SSSR count). The first-order chi connectivity index (χ1) is 7.66. The van der Waals surface area contributed by atoms with Crippen LogP contribution in [0.4, 0.5) is 0 Å². The molecule has 0 spiro atoms. The molecule has 0 atom stereocenters. The largest absolute Gasteiger partial charge is 0.208 e. The first-order valence-electron chi connectivity index (χ1n) is 5.13. The third-order valence-electron chi connectivity index (χ3n) is 2.46. The first kappa shape index (κ1) is 10.5. The summed E-state index contributed by atoms with van der Waals surface area (Å²) in [7, 11) is 0. The van der Waals surface area contributed by atoms with Gasteiger partial charge in [0.05, 0.1) is 6.21 Å². The molecule has 1 aromatic carbocycles. The number of benzene rings is 1. The quantitative estimate of drug-likeness (QED) is 0.718. The van der Waals surface area contributed by atoms with Crippen LogP contribution in [-0.4, -0.2) is 21.1 Å². The summed E-state index contributed by atoms with van der Waals surface area (Å²) < 4.78 is 1.58. The lowest BCUT2D eigenvalue weighted by Gasteiger charge is -2.06. The van der Waals surface area contributed by atoms with E-state index in [0.717, 1.165) is 5.56 Å². The van der Waals surface area contributed by atoms with Gasteiger partial charge < -0.3 is 0 Å². The van der Waals surface area contributed by atoms with E-state index in [-0.39, 0.29) is 0 Å². The Morgan fingerprint density at radius 3 is 2.19 bits per heavy atom. The highest BCUT2D eigenvalue weighted by Crippen LogP contribution is 2.14. The second-order valence-corrected chi connectivity index (χ2v) is 3.90. The van der Waals surface area contributed by atoms with Crippen molar-refractivity contribution in [1.29, 1.82) is 0 Å². The van der Waals surface area contributed by atoms with Crippen LogP contribution in [0.3, 0.4) is 0 Å². The van der Waals surface area contributed by atoms with Gasteiger partial charge in [-0.15, -0.1) is 10.2 Å². The Morgan fingerprint density at radius 2 is 1.62 bits per heavy atom. The number of aryl methyl sites for hydroxylation is 3. The molecule has 0 amide bonds. The fourth-order valence-corrected chi connectivity index (χ4v) is 1.77. The Labute approximate surface area is 94.6 Å². The zero-order valence-corrected chi connectivity index (χ0v) is 9.68. The standard InChI is InChI=1S/C12H14N4/c1-9-4-10(2)12(11(3)5-9)6-15-16-7-13-14-8-16/h4-8H,1-3H3. The van der Waals surface area contributed by atoms with E-state index in [4.69, 9.17) is 0 Å². The van der Waals surface area contributed by atoms with Crippen LogP contribution in [0.15, 0.2) is 29.9 Å². The summed E-state index contributed by atoms with van der Waals surface area (Å²) >= 11 is 0. The summed E-state index contributed by atoms with van der Waals surface area (Å²) in [4.78, 5) is 0. The molecule has 1 aromatic heterocycles. The normalized spacial score (nSPS) is 11.2. The van der Waals surface area contributed by atoms with Gasteiger partial charge in [-0.25, -0.2) is 4.68 Å². The van der Waals surface area contributed by atoms with Crippen molar-refractivity contribution in [3.05, 3.63) is 47.0 Å². The second-order valence-electron chi connectivity index (χ2n) is 3.90. The molecule has 1 heterocycles. The number of hydrogen-bond donors (Lipinski definition) is 0. The predicted molar refractivity (Wildman–Crippen MR) is 63.7 cm³/mol. The van der Waals surface area contributed by atoms with Crippen molar-refractivity contribution in [3.8, 4) is 0 Å². The predicted octanol–water partition coefficient (Wildman–Crippen LogP) is 2.09. The Balaban J connectivity index is 2.35. The lowest BCUT2D eigenvalue weighted by Crippen LogP contribution is -1.95. The molecule has 0 fully saturated rings. The molecular weight excluding hydrogens is 200 g/mol. The molecule has 0 aliphatic rings. The minimum atomic E-state index is 1.15. The van der Waals surface area contributed by atoms with E-state index in [9.17, 15) is 0 Å². The van der Waals surface area contributed by atoms with Gasteiger partial charge in [-0.05, 0) is 31.9 Å². The van der Waals surface area contributed by atoms with Crippen molar-refractivity contribution in [2.24, 2.45) is 5.10 Å². The van der Waals surface area contributed by atoms with Crippen LogP contribution in [0.1, 0.15) is 22.3 Å². The average Bonchev–Trinajstić information content (AvgIpc) is 2.68. The first-order valence-corrected chi connectivity index (χ1v) is 5.13. The van der Waals surface area contributed by atoms with Crippen molar-refractivity contribution in [3.63, 3.8) is 0 Å². The van der Waals surface area contributed by atoms with Gasteiger partial charge in [0, 0.05) is 5.56 Å². The van der Waals surface area contributed by atoms with Crippen molar-refractivity contribution in [2.45, 2.75) is 20.8 Å². The van der Waals surface area contributed by atoms with E-state index in [1.807, 2.05) is 6.21 Å².